The maximum Gasteiger partial charge on any atom is 0.257 e. The summed E-state index contributed by atoms with van der Waals surface area (Å²) < 4.78 is 21.8. The molecule has 0 saturated carbocycles. The van der Waals surface area contributed by atoms with E-state index in [2.05, 4.69) is 6.58 Å². The zero-order chi connectivity index (χ0) is 9.19. The minimum atomic E-state index is -3.54. The summed E-state index contributed by atoms with van der Waals surface area (Å²) in [6.45, 7) is 3.52. The maximum absolute atomic E-state index is 10.9. The summed E-state index contributed by atoms with van der Waals surface area (Å²) in [7, 11) is 1.64. The van der Waals surface area contributed by atoms with Crippen molar-refractivity contribution < 1.29 is 8.42 Å². The fraction of sp³-hybridized carbons (Fsp3) is 0.714. The molecule has 0 radical (unpaired) electrons. The minimum absolute atomic E-state index is 0.0613. The molecular weight excluding hydrogens is 216 g/mol. The molecule has 1 atom stereocenters. The van der Waals surface area contributed by atoms with E-state index in [4.69, 9.17) is 10.7 Å². The second-order valence-electron chi connectivity index (χ2n) is 2.82. The Morgan fingerprint density at radius 1 is 1.58 bits per heavy atom. The zero-order valence-electron chi connectivity index (χ0n) is 6.62. The lowest BCUT2D eigenvalue weighted by molar-refractivity contribution is 0.586. The number of rotatable bonds is 2. The number of hydrogen-bond acceptors (Lipinski definition) is 3. The molecule has 1 aliphatic heterocycles. The second kappa shape index (κ2) is 4.03. The smallest absolute Gasteiger partial charge is 0.207 e. The third-order valence-corrected chi connectivity index (χ3v) is 4.70. The maximum atomic E-state index is 10.9. The van der Waals surface area contributed by atoms with Crippen molar-refractivity contribution >= 4 is 31.5 Å². The highest BCUT2D eigenvalue weighted by atomic mass is 35.7. The SMILES string of the molecule is C=C(C1CCCSC1)S(=O)(=O)Cl. The van der Waals surface area contributed by atoms with Crippen LogP contribution in [0.1, 0.15) is 12.8 Å². The Morgan fingerprint density at radius 3 is 2.67 bits per heavy atom. The van der Waals surface area contributed by atoms with E-state index in [1.807, 2.05) is 0 Å². The Bertz CT molecular complexity index is 265. The van der Waals surface area contributed by atoms with Crippen molar-refractivity contribution in [2.45, 2.75) is 12.8 Å². The molecule has 1 unspecified atom stereocenters. The van der Waals surface area contributed by atoms with Crippen molar-refractivity contribution in [2.75, 3.05) is 11.5 Å². The van der Waals surface area contributed by atoms with E-state index in [0.29, 0.717) is 0 Å². The summed E-state index contributed by atoms with van der Waals surface area (Å²) in [6, 6.07) is 0. The Balaban J connectivity index is 2.64. The van der Waals surface area contributed by atoms with E-state index in [9.17, 15) is 8.42 Å². The van der Waals surface area contributed by atoms with Crippen LogP contribution in [0.3, 0.4) is 0 Å². The van der Waals surface area contributed by atoms with Crippen LogP contribution >= 0.6 is 22.4 Å². The Morgan fingerprint density at radius 2 is 2.25 bits per heavy atom. The minimum Gasteiger partial charge on any atom is -0.207 e. The van der Waals surface area contributed by atoms with Crippen LogP contribution in [0.2, 0.25) is 0 Å². The zero-order valence-corrected chi connectivity index (χ0v) is 9.01. The molecule has 0 aromatic heterocycles. The molecule has 0 amide bonds. The summed E-state index contributed by atoms with van der Waals surface area (Å²) in [5.74, 6) is 2.02. The Labute approximate surface area is 81.8 Å². The summed E-state index contributed by atoms with van der Waals surface area (Å²) in [6.07, 6.45) is 1.96. The standard InChI is InChI=1S/C7H11ClO2S2/c1-6(12(8,9)10)7-3-2-4-11-5-7/h7H,1-5H2. The van der Waals surface area contributed by atoms with Gasteiger partial charge in [-0.05, 0) is 18.6 Å². The van der Waals surface area contributed by atoms with Crippen molar-refractivity contribution in [2.24, 2.45) is 5.92 Å². The van der Waals surface area contributed by atoms with Crippen molar-refractivity contribution in [1.29, 1.82) is 0 Å². The van der Waals surface area contributed by atoms with Crippen molar-refractivity contribution in [1.82, 2.24) is 0 Å². The number of halogens is 1. The van der Waals surface area contributed by atoms with Gasteiger partial charge in [-0.1, -0.05) is 6.58 Å². The average Bonchev–Trinajstić information content (AvgIpc) is 2.03. The van der Waals surface area contributed by atoms with Crippen LogP contribution in [-0.2, 0) is 9.05 Å². The van der Waals surface area contributed by atoms with Gasteiger partial charge in [0.2, 0.25) is 0 Å². The van der Waals surface area contributed by atoms with Gasteiger partial charge in [0.15, 0.2) is 0 Å². The van der Waals surface area contributed by atoms with Crippen LogP contribution in [0.5, 0.6) is 0 Å². The lowest BCUT2D eigenvalue weighted by atomic mass is 10.1. The molecule has 0 bridgehead atoms. The molecule has 1 heterocycles. The third-order valence-electron chi connectivity index (χ3n) is 1.93. The van der Waals surface area contributed by atoms with Gasteiger partial charge >= 0.3 is 0 Å². The molecule has 0 aromatic rings. The van der Waals surface area contributed by atoms with E-state index in [-0.39, 0.29) is 10.8 Å². The summed E-state index contributed by atoms with van der Waals surface area (Å²) >= 11 is 1.76. The van der Waals surface area contributed by atoms with E-state index >= 15 is 0 Å². The molecular formula is C7H11ClO2S2. The lowest BCUT2D eigenvalue weighted by Gasteiger charge is -2.21. The largest absolute Gasteiger partial charge is 0.257 e. The van der Waals surface area contributed by atoms with Crippen LogP contribution in [0.4, 0.5) is 0 Å². The van der Waals surface area contributed by atoms with Crippen LogP contribution in [0.15, 0.2) is 11.5 Å². The summed E-state index contributed by atoms with van der Waals surface area (Å²) in [5.41, 5.74) is 0. The van der Waals surface area contributed by atoms with Crippen LogP contribution in [0, 0.1) is 5.92 Å². The van der Waals surface area contributed by atoms with Gasteiger partial charge in [-0.2, -0.15) is 11.8 Å². The first-order chi connectivity index (χ1) is 5.52. The second-order valence-corrected chi connectivity index (χ2v) is 6.59. The molecule has 70 valence electrons. The normalized spacial score (nSPS) is 25.2. The van der Waals surface area contributed by atoms with Crippen LogP contribution < -0.4 is 0 Å². The Kier molecular flexibility index (Phi) is 3.49. The molecule has 0 spiro atoms. The van der Waals surface area contributed by atoms with Crippen molar-refractivity contribution in [3.8, 4) is 0 Å². The van der Waals surface area contributed by atoms with Gasteiger partial charge in [0, 0.05) is 22.4 Å². The first-order valence-corrected chi connectivity index (χ1v) is 7.19. The van der Waals surface area contributed by atoms with Crippen molar-refractivity contribution in [3.05, 3.63) is 11.5 Å². The fourth-order valence-corrected chi connectivity index (χ4v) is 3.47. The van der Waals surface area contributed by atoms with Crippen molar-refractivity contribution in [3.63, 3.8) is 0 Å². The predicted molar refractivity (Wildman–Crippen MR) is 54.0 cm³/mol. The molecule has 1 aliphatic rings. The monoisotopic (exact) mass is 226 g/mol. The van der Waals surface area contributed by atoms with E-state index in [1.54, 1.807) is 11.8 Å². The lowest BCUT2D eigenvalue weighted by Crippen LogP contribution is -2.15. The van der Waals surface area contributed by atoms with Gasteiger partial charge in [0.05, 0.1) is 4.91 Å². The predicted octanol–water partition coefficient (Wildman–Crippen LogP) is 2.21. The van der Waals surface area contributed by atoms with E-state index < -0.39 is 9.05 Å². The van der Waals surface area contributed by atoms with Gasteiger partial charge < -0.3 is 0 Å². The van der Waals surface area contributed by atoms with Crippen LogP contribution in [-0.4, -0.2) is 19.9 Å². The molecule has 1 fully saturated rings. The first kappa shape index (κ1) is 10.4. The molecule has 0 aliphatic carbocycles. The van der Waals surface area contributed by atoms with Gasteiger partial charge in [0.25, 0.3) is 9.05 Å². The van der Waals surface area contributed by atoms with Crippen LogP contribution in [0.25, 0.3) is 0 Å². The first-order valence-electron chi connectivity index (χ1n) is 3.73. The Hall–Kier alpha value is 0.330. The summed E-state index contributed by atoms with van der Waals surface area (Å²) in [4.78, 5) is 0.191. The highest BCUT2D eigenvalue weighted by Gasteiger charge is 2.24. The number of thioether (sulfide) groups is 1. The van der Waals surface area contributed by atoms with Gasteiger partial charge in [0.1, 0.15) is 0 Å². The third kappa shape index (κ3) is 2.68. The topological polar surface area (TPSA) is 34.1 Å². The summed E-state index contributed by atoms with van der Waals surface area (Å²) in [5, 5.41) is 0. The van der Waals surface area contributed by atoms with Gasteiger partial charge in [-0.15, -0.1) is 0 Å². The molecule has 1 rings (SSSR count). The highest BCUT2D eigenvalue weighted by Crippen LogP contribution is 2.31. The van der Waals surface area contributed by atoms with Gasteiger partial charge in [-0.3, -0.25) is 0 Å². The number of hydrogen-bond donors (Lipinski definition) is 0. The number of allylic oxidation sites excluding steroid dienone is 1. The van der Waals surface area contributed by atoms with E-state index in [0.717, 1.165) is 24.3 Å². The quantitative estimate of drug-likeness (QED) is 0.678. The molecule has 2 nitrogen and oxygen atoms in total. The van der Waals surface area contributed by atoms with E-state index in [1.165, 1.54) is 0 Å². The average molecular weight is 227 g/mol. The molecule has 12 heavy (non-hydrogen) atoms. The molecule has 1 saturated heterocycles. The fourth-order valence-electron chi connectivity index (χ4n) is 1.19. The van der Waals surface area contributed by atoms with Gasteiger partial charge in [-0.25, -0.2) is 8.42 Å². The molecule has 0 aromatic carbocycles. The molecule has 5 heteroatoms. The molecule has 0 N–H and O–H groups in total. The highest BCUT2D eigenvalue weighted by molar-refractivity contribution is 8.16.